The highest BCUT2D eigenvalue weighted by Crippen LogP contribution is 2.39. The van der Waals surface area contributed by atoms with Gasteiger partial charge in [0.2, 0.25) is 0 Å². The van der Waals surface area contributed by atoms with Gasteiger partial charge in [-0.25, -0.2) is 0 Å². The smallest absolute Gasteiger partial charge is 0.160 e. The van der Waals surface area contributed by atoms with Gasteiger partial charge in [-0.2, -0.15) is 0 Å². The molecule has 0 bridgehead atoms. The van der Waals surface area contributed by atoms with E-state index in [2.05, 4.69) is 31.9 Å². The van der Waals surface area contributed by atoms with Crippen molar-refractivity contribution in [1.29, 1.82) is 0 Å². The number of halogens is 3. The van der Waals surface area contributed by atoms with Crippen LogP contribution in [-0.2, 0) is 6.42 Å². The lowest BCUT2D eigenvalue weighted by Gasteiger charge is -2.11. The van der Waals surface area contributed by atoms with Crippen molar-refractivity contribution in [3.63, 3.8) is 0 Å². The summed E-state index contributed by atoms with van der Waals surface area (Å²) in [5, 5.41) is -0.0688. The van der Waals surface area contributed by atoms with Gasteiger partial charge in [-0.15, -0.1) is 22.9 Å². The Bertz CT molecular complexity index is 581. The van der Waals surface area contributed by atoms with Gasteiger partial charge in [0.15, 0.2) is 11.5 Å². The summed E-state index contributed by atoms with van der Waals surface area (Å²) in [5.74, 6) is 1.45. The minimum atomic E-state index is -0.0688. The molecule has 0 saturated carbocycles. The molecule has 0 amide bonds. The number of hydrogen-bond acceptors (Lipinski definition) is 3. The molecule has 2 rings (SSSR count). The zero-order valence-electron chi connectivity index (χ0n) is 11.0. The van der Waals surface area contributed by atoms with Crippen molar-refractivity contribution in [2.45, 2.75) is 11.8 Å². The molecule has 1 aromatic heterocycles. The summed E-state index contributed by atoms with van der Waals surface area (Å²) in [6, 6.07) is 7.92. The number of alkyl halides is 1. The highest BCUT2D eigenvalue weighted by Gasteiger charge is 2.15. The lowest BCUT2D eigenvalue weighted by atomic mass is 10.1. The van der Waals surface area contributed by atoms with Crippen molar-refractivity contribution in [2.24, 2.45) is 0 Å². The van der Waals surface area contributed by atoms with Crippen LogP contribution in [0.5, 0.6) is 11.5 Å². The standard InChI is InChI=1S/C14H13Br2ClO2S/c1-18-11-4-3-8(6-12(11)19-2)5-10(17)13-7-9(15)14(16)20-13/h3-4,6-7,10H,5H2,1-2H3. The fourth-order valence-corrected chi connectivity index (χ4v) is 4.28. The molecule has 108 valence electrons. The Hall–Kier alpha value is -0.230. The number of ether oxygens (including phenoxy) is 2. The maximum absolute atomic E-state index is 6.49. The molecule has 1 atom stereocenters. The molecule has 0 aliphatic carbocycles. The minimum absolute atomic E-state index is 0.0688. The average molecular weight is 441 g/mol. The first-order valence-electron chi connectivity index (χ1n) is 5.85. The summed E-state index contributed by atoms with van der Waals surface area (Å²) in [6.07, 6.45) is 0.737. The Balaban J connectivity index is 2.17. The maximum atomic E-state index is 6.49. The van der Waals surface area contributed by atoms with Gasteiger partial charge >= 0.3 is 0 Å². The van der Waals surface area contributed by atoms with E-state index < -0.39 is 0 Å². The molecule has 0 fully saturated rings. The summed E-state index contributed by atoms with van der Waals surface area (Å²) >= 11 is 15.1. The van der Waals surface area contributed by atoms with E-state index in [1.54, 1.807) is 25.6 Å². The molecule has 0 radical (unpaired) electrons. The quantitative estimate of drug-likeness (QED) is 0.546. The molecule has 6 heteroatoms. The predicted molar refractivity (Wildman–Crippen MR) is 91.6 cm³/mol. The second-order valence-corrected chi connectivity index (χ2v) is 7.91. The first-order chi connectivity index (χ1) is 9.55. The number of thiophene rings is 1. The fraction of sp³-hybridized carbons (Fsp3) is 0.286. The molecular formula is C14H13Br2ClO2S. The van der Waals surface area contributed by atoms with E-state index in [0.717, 1.165) is 36.6 Å². The molecule has 0 saturated heterocycles. The van der Waals surface area contributed by atoms with Crippen LogP contribution < -0.4 is 9.47 Å². The van der Waals surface area contributed by atoms with E-state index >= 15 is 0 Å². The van der Waals surface area contributed by atoms with E-state index in [4.69, 9.17) is 21.1 Å². The molecule has 0 aliphatic heterocycles. The van der Waals surface area contributed by atoms with Gasteiger partial charge in [-0.3, -0.25) is 0 Å². The average Bonchev–Trinajstić information content (AvgIpc) is 2.78. The van der Waals surface area contributed by atoms with Gasteiger partial charge in [0.05, 0.1) is 23.4 Å². The summed E-state index contributed by atoms with van der Waals surface area (Å²) in [5.41, 5.74) is 1.11. The van der Waals surface area contributed by atoms with Crippen LogP contribution >= 0.6 is 54.8 Å². The minimum Gasteiger partial charge on any atom is -0.493 e. The molecular weight excluding hydrogens is 427 g/mol. The number of rotatable bonds is 5. The number of benzene rings is 1. The van der Waals surface area contributed by atoms with Crippen molar-refractivity contribution in [3.05, 3.63) is 43.0 Å². The third-order valence-corrected chi connectivity index (χ3v) is 6.72. The predicted octanol–water partition coefficient (Wildman–Crippen LogP) is 5.81. The molecule has 1 unspecified atom stereocenters. The lowest BCUT2D eigenvalue weighted by Crippen LogP contribution is -1.96. The van der Waals surface area contributed by atoms with Crippen LogP contribution in [-0.4, -0.2) is 14.2 Å². The molecule has 2 nitrogen and oxygen atoms in total. The van der Waals surface area contributed by atoms with Crippen LogP contribution in [0.4, 0.5) is 0 Å². The Kier molecular flexibility index (Phi) is 5.78. The zero-order valence-corrected chi connectivity index (χ0v) is 15.7. The topological polar surface area (TPSA) is 18.5 Å². The molecule has 0 aliphatic rings. The molecule has 2 aromatic rings. The Labute approximate surface area is 144 Å². The van der Waals surface area contributed by atoms with E-state index in [9.17, 15) is 0 Å². The van der Waals surface area contributed by atoms with E-state index in [1.807, 2.05) is 24.3 Å². The Morgan fingerprint density at radius 1 is 1.15 bits per heavy atom. The summed E-state index contributed by atoms with van der Waals surface area (Å²) < 4.78 is 12.6. The Morgan fingerprint density at radius 3 is 2.40 bits per heavy atom. The number of methoxy groups -OCH3 is 2. The van der Waals surface area contributed by atoms with Crippen molar-refractivity contribution in [2.75, 3.05) is 14.2 Å². The van der Waals surface area contributed by atoms with E-state index in [0.29, 0.717) is 0 Å². The van der Waals surface area contributed by atoms with E-state index in [-0.39, 0.29) is 5.38 Å². The van der Waals surface area contributed by atoms with Crippen molar-refractivity contribution in [1.82, 2.24) is 0 Å². The van der Waals surface area contributed by atoms with Crippen molar-refractivity contribution in [3.8, 4) is 11.5 Å². The summed E-state index contributed by atoms with van der Waals surface area (Å²) in [6.45, 7) is 0. The third kappa shape index (κ3) is 3.70. The summed E-state index contributed by atoms with van der Waals surface area (Å²) in [7, 11) is 3.26. The van der Waals surface area contributed by atoms with Gasteiger partial charge in [-0.1, -0.05) is 6.07 Å². The third-order valence-electron chi connectivity index (χ3n) is 2.84. The second kappa shape index (κ2) is 7.16. The summed E-state index contributed by atoms with van der Waals surface area (Å²) in [4.78, 5) is 1.13. The van der Waals surface area contributed by atoms with Crippen LogP contribution in [0, 0.1) is 0 Å². The van der Waals surface area contributed by atoms with Crippen LogP contribution in [0.15, 0.2) is 32.5 Å². The van der Waals surface area contributed by atoms with Gasteiger partial charge in [0, 0.05) is 9.35 Å². The van der Waals surface area contributed by atoms with Crippen LogP contribution in [0.25, 0.3) is 0 Å². The Morgan fingerprint density at radius 2 is 1.85 bits per heavy atom. The fourth-order valence-electron chi connectivity index (χ4n) is 1.83. The van der Waals surface area contributed by atoms with Crippen LogP contribution in [0.3, 0.4) is 0 Å². The van der Waals surface area contributed by atoms with Gasteiger partial charge in [-0.05, 0) is 62.0 Å². The van der Waals surface area contributed by atoms with Crippen LogP contribution in [0.1, 0.15) is 15.8 Å². The molecule has 1 heterocycles. The van der Waals surface area contributed by atoms with Gasteiger partial charge in [0.1, 0.15) is 0 Å². The highest BCUT2D eigenvalue weighted by atomic mass is 79.9. The zero-order chi connectivity index (χ0) is 14.7. The lowest BCUT2D eigenvalue weighted by molar-refractivity contribution is 0.354. The molecule has 1 aromatic carbocycles. The monoisotopic (exact) mass is 438 g/mol. The van der Waals surface area contributed by atoms with Crippen molar-refractivity contribution >= 4 is 54.8 Å². The normalized spacial score (nSPS) is 12.2. The van der Waals surface area contributed by atoms with Crippen molar-refractivity contribution < 1.29 is 9.47 Å². The number of hydrogen-bond donors (Lipinski definition) is 0. The highest BCUT2D eigenvalue weighted by molar-refractivity contribution is 9.13. The maximum Gasteiger partial charge on any atom is 0.160 e. The first kappa shape index (κ1) is 16.1. The van der Waals surface area contributed by atoms with Crippen LogP contribution in [0.2, 0.25) is 0 Å². The first-order valence-corrected chi connectivity index (χ1v) is 8.68. The van der Waals surface area contributed by atoms with Gasteiger partial charge < -0.3 is 9.47 Å². The second-order valence-electron chi connectivity index (χ2n) is 4.13. The van der Waals surface area contributed by atoms with Gasteiger partial charge in [0.25, 0.3) is 0 Å². The molecule has 0 spiro atoms. The molecule has 20 heavy (non-hydrogen) atoms. The molecule has 0 N–H and O–H groups in total. The SMILES string of the molecule is COc1ccc(CC(Cl)c2cc(Br)c(Br)s2)cc1OC. The largest absolute Gasteiger partial charge is 0.493 e. The van der Waals surface area contributed by atoms with E-state index in [1.165, 1.54) is 0 Å².